The summed E-state index contributed by atoms with van der Waals surface area (Å²) in [5.41, 5.74) is -0.127. The lowest BCUT2D eigenvalue weighted by molar-refractivity contribution is -0.122. The summed E-state index contributed by atoms with van der Waals surface area (Å²) in [6.07, 6.45) is 6.31. The van der Waals surface area contributed by atoms with Crippen molar-refractivity contribution in [3.63, 3.8) is 0 Å². The van der Waals surface area contributed by atoms with Gasteiger partial charge >= 0.3 is 0 Å². The molecule has 1 aliphatic rings. The Labute approximate surface area is 107 Å². The maximum Gasteiger partial charge on any atom is 0.221 e. The Morgan fingerprint density at radius 3 is 2.39 bits per heavy atom. The van der Waals surface area contributed by atoms with E-state index in [1.165, 1.54) is 6.92 Å². The van der Waals surface area contributed by atoms with Gasteiger partial charge in [0, 0.05) is 0 Å². The third kappa shape index (κ3) is 3.65. The van der Waals surface area contributed by atoms with Crippen molar-refractivity contribution in [2.45, 2.75) is 39.5 Å². The van der Waals surface area contributed by atoms with Gasteiger partial charge in [0.05, 0.1) is 6.61 Å². The topological polar surface area (TPSA) is 60.4 Å². The van der Waals surface area contributed by atoms with E-state index in [9.17, 15) is 14.4 Å². The lowest BCUT2D eigenvalue weighted by atomic mass is 9.98. The van der Waals surface area contributed by atoms with E-state index in [-0.39, 0.29) is 11.3 Å². The molecule has 0 amide bonds. The Hall–Kier alpha value is -1.71. The summed E-state index contributed by atoms with van der Waals surface area (Å²) >= 11 is 0. The average Bonchev–Trinajstić information content (AvgIpc) is 2.32. The molecule has 0 aliphatic heterocycles. The van der Waals surface area contributed by atoms with Crippen LogP contribution >= 0.6 is 0 Å². The number of carbonyl (C=O) groups is 3. The van der Waals surface area contributed by atoms with E-state index >= 15 is 0 Å². The molecule has 0 heterocycles. The molecule has 0 N–H and O–H groups in total. The highest BCUT2D eigenvalue weighted by Gasteiger charge is 2.27. The second kappa shape index (κ2) is 6.89. The van der Waals surface area contributed by atoms with E-state index in [1.54, 1.807) is 0 Å². The van der Waals surface area contributed by atoms with E-state index in [0.717, 1.165) is 37.8 Å². The Morgan fingerprint density at radius 1 is 1.11 bits per heavy atom. The van der Waals surface area contributed by atoms with Crippen LogP contribution in [0.2, 0.25) is 0 Å². The molecule has 1 aliphatic carbocycles. The second-order valence-corrected chi connectivity index (χ2v) is 4.23. The third-order valence-electron chi connectivity index (χ3n) is 2.68. The van der Waals surface area contributed by atoms with Crippen LogP contribution in [0.1, 0.15) is 39.5 Å². The van der Waals surface area contributed by atoms with Gasteiger partial charge in [0.15, 0.2) is 17.3 Å². The minimum atomic E-state index is -0.453. The molecule has 0 saturated heterocycles. The van der Waals surface area contributed by atoms with Crippen LogP contribution in [0.25, 0.3) is 0 Å². The van der Waals surface area contributed by atoms with Crippen molar-refractivity contribution >= 4 is 17.3 Å². The first-order chi connectivity index (χ1) is 8.57. The zero-order chi connectivity index (χ0) is 13.5. The number of ketones is 3. The summed E-state index contributed by atoms with van der Waals surface area (Å²) in [6, 6.07) is 0. The summed E-state index contributed by atoms with van der Waals surface area (Å²) in [7, 11) is 0. The Morgan fingerprint density at radius 2 is 1.78 bits per heavy atom. The van der Waals surface area contributed by atoms with E-state index in [1.807, 2.05) is 0 Å². The lowest BCUT2D eigenvalue weighted by Gasteiger charge is -2.13. The molecule has 4 nitrogen and oxygen atoms in total. The van der Waals surface area contributed by atoms with E-state index in [2.05, 4.69) is 6.92 Å². The zero-order valence-corrected chi connectivity index (χ0v) is 10.8. The van der Waals surface area contributed by atoms with Gasteiger partial charge in [-0.15, -0.1) is 0 Å². The van der Waals surface area contributed by atoms with Crippen LogP contribution in [0, 0.1) is 0 Å². The average molecular weight is 250 g/mol. The number of carbonyl (C=O) groups excluding carboxylic acids is 3. The Bertz CT molecular complexity index is 416. The van der Waals surface area contributed by atoms with Crippen LogP contribution < -0.4 is 0 Å². The first-order valence-electron chi connectivity index (χ1n) is 6.22. The van der Waals surface area contributed by atoms with Crippen molar-refractivity contribution in [1.82, 2.24) is 0 Å². The smallest absolute Gasteiger partial charge is 0.221 e. The van der Waals surface area contributed by atoms with Crippen molar-refractivity contribution in [1.29, 1.82) is 0 Å². The van der Waals surface area contributed by atoms with Gasteiger partial charge in [0.25, 0.3) is 0 Å². The largest absolute Gasteiger partial charge is 0.489 e. The van der Waals surface area contributed by atoms with Crippen molar-refractivity contribution < 1.29 is 19.1 Å². The quantitative estimate of drug-likeness (QED) is 0.394. The highest BCUT2D eigenvalue weighted by atomic mass is 16.5. The standard InChI is InChI=1S/C14H18O4/c1-3-4-5-6-9-18-14-12(17)8-7-11(16)13(14)10(2)15/h7-8H,3-6,9H2,1-2H3. The molecule has 0 aromatic carbocycles. The highest BCUT2D eigenvalue weighted by molar-refractivity contribution is 6.31. The van der Waals surface area contributed by atoms with E-state index < -0.39 is 17.3 Å². The van der Waals surface area contributed by atoms with Crippen LogP contribution in [0.4, 0.5) is 0 Å². The lowest BCUT2D eigenvalue weighted by Crippen LogP contribution is -2.21. The molecule has 0 aromatic rings. The first kappa shape index (κ1) is 14.4. The SMILES string of the molecule is CCCCCCOC1=C(C(C)=O)C(=O)C=CC1=O. The molecule has 4 heteroatoms. The second-order valence-electron chi connectivity index (χ2n) is 4.23. The summed E-state index contributed by atoms with van der Waals surface area (Å²) in [4.78, 5) is 34.5. The van der Waals surface area contributed by atoms with Gasteiger partial charge in [-0.3, -0.25) is 14.4 Å². The first-order valence-corrected chi connectivity index (χ1v) is 6.22. The van der Waals surface area contributed by atoms with Gasteiger partial charge in [-0.25, -0.2) is 0 Å². The fourth-order valence-electron chi connectivity index (χ4n) is 1.73. The van der Waals surface area contributed by atoms with Crippen LogP contribution in [0.15, 0.2) is 23.5 Å². The van der Waals surface area contributed by atoms with Crippen molar-refractivity contribution in [2.24, 2.45) is 0 Å². The van der Waals surface area contributed by atoms with E-state index in [4.69, 9.17) is 4.74 Å². The number of unbranched alkanes of at least 4 members (excludes halogenated alkanes) is 3. The summed E-state index contributed by atoms with van der Waals surface area (Å²) < 4.78 is 5.32. The minimum Gasteiger partial charge on any atom is -0.489 e. The minimum absolute atomic E-state index is 0.0912. The molecule has 1 rings (SSSR count). The molecule has 0 aromatic heterocycles. The number of allylic oxidation sites excluding steroid dienone is 3. The van der Waals surface area contributed by atoms with Crippen molar-refractivity contribution in [3.05, 3.63) is 23.5 Å². The fourth-order valence-corrected chi connectivity index (χ4v) is 1.73. The van der Waals surface area contributed by atoms with E-state index in [0.29, 0.717) is 6.61 Å². The molecule has 0 unspecified atom stereocenters. The molecule has 0 atom stereocenters. The highest BCUT2D eigenvalue weighted by Crippen LogP contribution is 2.17. The maximum absolute atomic E-state index is 11.6. The predicted octanol–water partition coefficient (Wildman–Crippen LogP) is 2.13. The molecule has 0 spiro atoms. The van der Waals surface area contributed by atoms with Gasteiger partial charge in [0.2, 0.25) is 5.78 Å². The number of hydrogen-bond donors (Lipinski definition) is 0. The van der Waals surface area contributed by atoms with Gasteiger partial charge in [-0.2, -0.15) is 0 Å². The zero-order valence-electron chi connectivity index (χ0n) is 10.8. The van der Waals surface area contributed by atoms with Crippen LogP contribution in [0.3, 0.4) is 0 Å². The van der Waals surface area contributed by atoms with Gasteiger partial charge in [-0.05, 0) is 25.5 Å². The molecule has 18 heavy (non-hydrogen) atoms. The Kier molecular flexibility index (Phi) is 5.49. The van der Waals surface area contributed by atoms with Crippen molar-refractivity contribution in [2.75, 3.05) is 6.61 Å². The number of rotatable bonds is 7. The fraction of sp³-hybridized carbons (Fsp3) is 0.500. The van der Waals surface area contributed by atoms with Crippen molar-refractivity contribution in [3.8, 4) is 0 Å². The molecule has 0 saturated carbocycles. The van der Waals surface area contributed by atoms with Crippen LogP contribution in [-0.2, 0) is 19.1 Å². The molecule has 98 valence electrons. The number of hydrogen-bond acceptors (Lipinski definition) is 4. The monoisotopic (exact) mass is 250 g/mol. The predicted molar refractivity (Wildman–Crippen MR) is 67.0 cm³/mol. The maximum atomic E-state index is 11.6. The summed E-state index contributed by atoms with van der Waals surface area (Å²) in [5, 5.41) is 0. The van der Waals surface area contributed by atoms with Gasteiger partial charge in [-0.1, -0.05) is 26.2 Å². The number of Topliss-reactive ketones (excluding diaryl/α,β-unsaturated/α-hetero) is 1. The molecular formula is C14H18O4. The molecule has 0 bridgehead atoms. The molecular weight excluding hydrogens is 232 g/mol. The Balaban J connectivity index is 2.68. The molecule has 0 radical (unpaired) electrons. The number of ether oxygens (including phenoxy) is 1. The van der Waals surface area contributed by atoms with Gasteiger partial charge in [0.1, 0.15) is 5.57 Å². The van der Waals surface area contributed by atoms with Crippen LogP contribution in [-0.4, -0.2) is 24.0 Å². The third-order valence-corrected chi connectivity index (χ3v) is 2.68. The normalized spacial score (nSPS) is 15.2. The summed E-state index contributed by atoms with van der Waals surface area (Å²) in [6.45, 7) is 3.73. The summed E-state index contributed by atoms with van der Waals surface area (Å²) in [5.74, 6) is -1.38. The van der Waals surface area contributed by atoms with Crippen LogP contribution in [0.5, 0.6) is 0 Å². The molecule has 0 fully saturated rings. The van der Waals surface area contributed by atoms with Gasteiger partial charge < -0.3 is 4.74 Å².